The molecule has 0 aliphatic heterocycles. The lowest BCUT2D eigenvalue weighted by atomic mass is 10.1. The zero-order chi connectivity index (χ0) is 14.7. The first kappa shape index (κ1) is 14.7. The van der Waals surface area contributed by atoms with Crippen LogP contribution in [-0.2, 0) is 6.42 Å². The van der Waals surface area contributed by atoms with Crippen molar-refractivity contribution in [1.29, 1.82) is 0 Å². The summed E-state index contributed by atoms with van der Waals surface area (Å²) < 4.78 is 5.87. The maximum atomic E-state index is 5.97. The van der Waals surface area contributed by atoms with Gasteiger partial charge in [-0.1, -0.05) is 13.0 Å². The molecule has 0 saturated carbocycles. The number of anilines is 1. The summed E-state index contributed by atoms with van der Waals surface area (Å²) in [5, 5.41) is 0. The van der Waals surface area contributed by atoms with E-state index < -0.39 is 0 Å². The van der Waals surface area contributed by atoms with Crippen molar-refractivity contribution in [1.82, 2.24) is 0 Å². The second-order valence-corrected chi connectivity index (χ2v) is 5.37. The molecule has 0 fully saturated rings. The molecule has 1 unspecified atom stereocenters. The summed E-state index contributed by atoms with van der Waals surface area (Å²) in [5.41, 5.74) is 9.66. The molecule has 0 amide bonds. The van der Waals surface area contributed by atoms with Gasteiger partial charge in [0.1, 0.15) is 11.5 Å². The number of hydrogen-bond donors (Lipinski definition) is 1. The van der Waals surface area contributed by atoms with Gasteiger partial charge in [-0.2, -0.15) is 0 Å². The van der Waals surface area contributed by atoms with Crippen LogP contribution in [0.25, 0.3) is 0 Å². The van der Waals surface area contributed by atoms with Crippen molar-refractivity contribution in [3.05, 3.63) is 53.0 Å². The molecule has 1 heterocycles. The van der Waals surface area contributed by atoms with Gasteiger partial charge in [0.15, 0.2) is 0 Å². The van der Waals surface area contributed by atoms with Gasteiger partial charge in [-0.05, 0) is 49.2 Å². The fraction of sp³-hybridized carbons (Fsp3) is 0.412. The Bertz CT molecular complexity index is 554. The van der Waals surface area contributed by atoms with Gasteiger partial charge in [0.25, 0.3) is 0 Å². The number of hydrogen-bond acceptors (Lipinski definition) is 3. The zero-order valence-corrected chi connectivity index (χ0v) is 12.8. The number of aryl methyl sites for hydroxylation is 3. The van der Waals surface area contributed by atoms with Crippen LogP contribution in [0.4, 0.5) is 5.69 Å². The Kier molecular flexibility index (Phi) is 4.50. The van der Waals surface area contributed by atoms with E-state index >= 15 is 0 Å². The van der Waals surface area contributed by atoms with Gasteiger partial charge in [0.05, 0.1) is 6.04 Å². The highest BCUT2D eigenvalue weighted by molar-refractivity contribution is 5.51. The van der Waals surface area contributed by atoms with Crippen LogP contribution in [0.5, 0.6) is 0 Å². The van der Waals surface area contributed by atoms with E-state index in [0.717, 1.165) is 17.9 Å². The Morgan fingerprint density at radius 1 is 1.15 bits per heavy atom. The van der Waals surface area contributed by atoms with E-state index in [9.17, 15) is 0 Å². The highest BCUT2D eigenvalue weighted by Crippen LogP contribution is 2.28. The van der Waals surface area contributed by atoms with Gasteiger partial charge in [-0.15, -0.1) is 0 Å². The number of nitrogens with two attached hydrogens (primary N) is 1. The highest BCUT2D eigenvalue weighted by Gasteiger charge is 2.19. The normalized spacial score (nSPS) is 12.4. The van der Waals surface area contributed by atoms with Crippen molar-refractivity contribution in [3.8, 4) is 0 Å². The van der Waals surface area contributed by atoms with Gasteiger partial charge in [-0.25, -0.2) is 0 Å². The first-order valence-corrected chi connectivity index (χ1v) is 7.15. The molecule has 0 aliphatic rings. The fourth-order valence-electron chi connectivity index (χ4n) is 2.56. The van der Waals surface area contributed by atoms with E-state index in [1.54, 1.807) is 0 Å². The molecular formula is C17H24N2O. The molecule has 1 aromatic heterocycles. The molecule has 3 nitrogen and oxygen atoms in total. The lowest BCUT2D eigenvalue weighted by Gasteiger charge is -2.28. The van der Waals surface area contributed by atoms with E-state index in [4.69, 9.17) is 10.2 Å². The predicted molar refractivity (Wildman–Crippen MR) is 84.2 cm³/mol. The topological polar surface area (TPSA) is 42.4 Å². The summed E-state index contributed by atoms with van der Waals surface area (Å²) in [6.45, 7) is 6.85. The van der Waals surface area contributed by atoms with Crippen LogP contribution in [0.2, 0.25) is 0 Å². The van der Waals surface area contributed by atoms with E-state index in [2.05, 4.69) is 50.9 Å². The van der Waals surface area contributed by atoms with Crippen molar-refractivity contribution in [2.45, 2.75) is 33.2 Å². The minimum absolute atomic E-state index is 0.0662. The SMILES string of the molecule is CCc1ccc(C(CN)N(C)c2cc(C)cc(C)c2)o1. The highest BCUT2D eigenvalue weighted by atomic mass is 16.3. The lowest BCUT2D eigenvalue weighted by Crippen LogP contribution is -2.30. The Labute approximate surface area is 121 Å². The molecule has 2 rings (SSSR count). The Morgan fingerprint density at radius 2 is 1.80 bits per heavy atom. The van der Waals surface area contributed by atoms with Crippen molar-refractivity contribution in [2.24, 2.45) is 5.73 Å². The summed E-state index contributed by atoms with van der Waals surface area (Å²) in [4.78, 5) is 2.19. The van der Waals surface area contributed by atoms with Gasteiger partial charge in [-0.3, -0.25) is 0 Å². The Morgan fingerprint density at radius 3 is 2.30 bits per heavy atom. The van der Waals surface area contributed by atoms with Gasteiger partial charge in [0, 0.05) is 25.7 Å². The third-order valence-corrected chi connectivity index (χ3v) is 3.66. The molecule has 2 N–H and O–H groups in total. The van der Waals surface area contributed by atoms with E-state index in [1.807, 2.05) is 12.1 Å². The average molecular weight is 272 g/mol. The third kappa shape index (κ3) is 3.05. The number of nitrogens with zero attached hydrogens (tertiary/aromatic N) is 1. The van der Waals surface area contributed by atoms with Crippen LogP contribution < -0.4 is 10.6 Å². The first-order valence-electron chi connectivity index (χ1n) is 7.15. The molecule has 1 atom stereocenters. The van der Waals surface area contributed by atoms with E-state index in [-0.39, 0.29) is 6.04 Å². The second kappa shape index (κ2) is 6.14. The Hall–Kier alpha value is -1.74. The van der Waals surface area contributed by atoms with Crippen molar-refractivity contribution in [3.63, 3.8) is 0 Å². The lowest BCUT2D eigenvalue weighted by molar-refractivity contribution is 0.431. The smallest absolute Gasteiger partial charge is 0.127 e. The maximum Gasteiger partial charge on any atom is 0.127 e. The van der Waals surface area contributed by atoms with Crippen LogP contribution >= 0.6 is 0 Å². The minimum Gasteiger partial charge on any atom is -0.464 e. The van der Waals surface area contributed by atoms with Crippen LogP contribution in [0.1, 0.15) is 35.6 Å². The van der Waals surface area contributed by atoms with Gasteiger partial charge < -0.3 is 15.1 Å². The maximum absolute atomic E-state index is 5.97. The first-order chi connectivity index (χ1) is 9.55. The van der Waals surface area contributed by atoms with E-state index in [1.165, 1.54) is 16.8 Å². The summed E-state index contributed by atoms with van der Waals surface area (Å²) in [6, 6.07) is 10.7. The van der Waals surface area contributed by atoms with Crippen molar-refractivity contribution < 1.29 is 4.42 Å². The number of rotatable bonds is 5. The van der Waals surface area contributed by atoms with Crippen LogP contribution in [-0.4, -0.2) is 13.6 Å². The molecule has 2 aromatic rings. The monoisotopic (exact) mass is 272 g/mol. The number of benzene rings is 1. The molecule has 1 aromatic carbocycles. The predicted octanol–water partition coefficient (Wildman–Crippen LogP) is 3.60. The molecule has 0 saturated heterocycles. The zero-order valence-electron chi connectivity index (χ0n) is 12.8. The standard InChI is InChI=1S/C17H24N2O/c1-5-15-6-7-17(20-15)16(11-18)19(4)14-9-12(2)8-13(3)10-14/h6-10,16H,5,11,18H2,1-4H3. The third-order valence-electron chi connectivity index (χ3n) is 3.66. The quantitative estimate of drug-likeness (QED) is 0.904. The van der Waals surface area contributed by atoms with E-state index in [0.29, 0.717) is 6.54 Å². The molecule has 0 spiro atoms. The van der Waals surface area contributed by atoms with Crippen LogP contribution in [0.15, 0.2) is 34.7 Å². The number of likely N-dealkylation sites (N-methyl/N-ethyl adjacent to an activating group) is 1. The number of furan rings is 1. The average Bonchev–Trinajstić information content (AvgIpc) is 2.87. The molecule has 108 valence electrons. The molecule has 3 heteroatoms. The molecule has 0 bridgehead atoms. The molecule has 0 aliphatic carbocycles. The fourth-order valence-corrected chi connectivity index (χ4v) is 2.56. The summed E-state index contributed by atoms with van der Waals surface area (Å²) in [7, 11) is 2.07. The van der Waals surface area contributed by atoms with Crippen molar-refractivity contribution in [2.75, 3.05) is 18.5 Å². The molecule has 0 radical (unpaired) electrons. The summed E-state index contributed by atoms with van der Waals surface area (Å²) in [6.07, 6.45) is 0.907. The molecule has 20 heavy (non-hydrogen) atoms. The van der Waals surface area contributed by atoms with Crippen LogP contribution in [0.3, 0.4) is 0 Å². The van der Waals surface area contributed by atoms with Crippen LogP contribution in [0, 0.1) is 13.8 Å². The minimum atomic E-state index is 0.0662. The summed E-state index contributed by atoms with van der Waals surface area (Å²) >= 11 is 0. The molecular weight excluding hydrogens is 248 g/mol. The van der Waals surface area contributed by atoms with Gasteiger partial charge in [0.2, 0.25) is 0 Å². The van der Waals surface area contributed by atoms with Gasteiger partial charge >= 0.3 is 0 Å². The Balaban J connectivity index is 2.30. The van der Waals surface area contributed by atoms with Crippen molar-refractivity contribution >= 4 is 5.69 Å². The second-order valence-electron chi connectivity index (χ2n) is 5.37. The largest absolute Gasteiger partial charge is 0.464 e. The summed E-state index contributed by atoms with van der Waals surface area (Å²) in [5.74, 6) is 1.94.